The van der Waals surface area contributed by atoms with Crippen molar-refractivity contribution in [1.29, 1.82) is 0 Å². The Balaban J connectivity index is 1.62. The summed E-state index contributed by atoms with van der Waals surface area (Å²) in [5.41, 5.74) is 3.65. The first-order valence-electron chi connectivity index (χ1n) is 9.21. The highest BCUT2D eigenvalue weighted by molar-refractivity contribution is 5.99. The molecule has 0 spiro atoms. The minimum atomic E-state index is -0.515. The van der Waals surface area contributed by atoms with Crippen molar-refractivity contribution in [1.82, 2.24) is 4.90 Å². The second kappa shape index (κ2) is 7.48. The summed E-state index contributed by atoms with van der Waals surface area (Å²) in [5, 5.41) is 10.4. The molecule has 2 heterocycles. The van der Waals surface area contributed by atoms with E-state index in [0.29, 0.717) is 32.7 Å². The quantitative estimate of drug-likeness (QED) is 0.903. The van der Waals surface area contributed by atoms with E-state index in [9.17, 15) is 9.90 Å². The lowest BCUT2D eigenvalue weighted by atomic mass is 10.0. The van der Waals surface area contributed by atoms with Gasteiger partial charge >= 0.3 is 0 Å². The predicted octanol–water partition coefficient (Wildman–Crippen LogP) is 2.60. The monoisotopic (exact) mass is 352 g/mol. The number of aliphatic hydroxyl groups is 1. The van der Waals surface area contributed by atoms with E-state index in [1.54, 1.807) is 0 Å². The van der Waals surface area contributed by atoms with Crippen LogP contribution in [0.15, 0.2) is 48.5 Å². The smallest absolute Gasteiger partial charge is 0.256 e. The van der Waals surface area contributed by atoms with Crippen LogP contribution in [-0.2, 0) is 11.3 Å². The number of morpholine rings is 1. The van der Waals surface area contributed by atoms with Crippen molar-refractivity contribution >= 4 is 11.6 Å². The largest absolute Gasteiger partial charge is 0.388 e. The summed E-state index contributed by atoms with van der Waals surface area (Å²) in [6.45, 7) is 4.05. The number of ether oxygens (including phenoxy) is 1. The zero-order chi connectivity index (χ0) is 17.9. The number of nitrogens with zero attached hydrogens (tertiary/aromatic N) is 2. The molecule has 2 aromatic carbocycles. The summed E-state index contributed by atoms with van der Waals surface area (Å²) >= 11 is 0. The average Bonchev–Trinajstić information content (AvgIpc) is 2.87. The van der Waals surface area contributed by atoms with Crippen molar-refractivity contribution in [3.63, 3.8) is 0 Å². The molecule has 1 N–H and O–H groups in total. The lowest BCUT2D eigenvalue weighted by molar-refractivity contribution is 0.0722. The van der Waals surface area contributed by atoms with Crippen LogP contribution in [0.5, 0.6) is 0 Å². The minimum absolute atomic E-state index is 0.0241. The highest BCUT2D eigenvalue weighted by Gasteiger charge is 2.26. The van der Waals surface area contributed by atoms with Crippen molar-refractivity contribution in [2.75, 3.05) is 37.7 Å². The van der Waals surface area contributed by atoms with E-state index >= 15 is 0 Å². The van der Waals surface area contributed by atoms with Crippen LogP contribution in [0, 0.1) is 0 Å². The molecule has 2 aromatic rings. The molecule has 0 bridgehead atoms. The molecular weight excluding hydrogens is 328 g/mol. The molecule has 1 unspecified atom stereocenters. The van der Waals surface area contributed by atoms with E-state index < -0.39 is 6.10 Å². The van der Waals surface area contributed by atoms with Gasteiger partial charge in [-0.25, -0.2) is 0 Å². The SMILES string of the molecule is O=C(c1ccccc1N1CCOCC1)N1CCC(O)c2ccccc2C1. The molecule has 0 radical (unpaired) electrons. The molecule has 0 saturated carbocycles. The summed E-state index contributed by atoms with van der Waals surface area (Å²) < 4.78 is 5.44. The van der Waals surface area contributed by atoms with Gasteiger partial charge in [0.05, 0.1) is 24.9 Å². The number of amides is 1. The standard InChI is InChI=1S/C21H24N2O3/c24-20-9-10-23(15-16-5-1-2-6-17(16)20)21(25)18-7-3-4-8-19(18)22-11-13-26-14-12-22/h1-8,20,24H,9-15H2. The van der Waals surface area contributed by atoms with Crippen LogP contribution in [0.25, 0.3) is 0 Å². The summed E-state index contributed by atoms with van der Waals surface area (Å²) in [7, 11) is 0. The number of anilines is 1. The van der Waals surface area contributed by atoms with Gasteiger partial charge in [0.15, 0.2) is 0 Å². The Kier molecular flexibility index (Phi) is 4.91. The maximum Gasteiger partial charge on any atom is 0.256 e. The third kappa shape index (κ3) is 3.32. The van der Waals surface area contributed by atoms with Crippen molar-refractivity contribution in [3.05, 3.63) is 65.2 Å². The second-order valence-electron chi connectivity index (χ2n) is 6.85. The normalized spacial score (nSPS) is 20.4. The lowest BCUT2D eigenvalue weighted by Gasteiger charge is -2.31. The van der Waals surface area contributed by atoms with E-state index in [1.807, 2.05) is 53.4 Å². The molecule has 26 heavy (non-hydrogen) atoms. The highest BCUT2D eigenvalue weighted by Crippen LogP contribution is 2.29. The van der Waals surface area contributed by atoms with Crippen LogP contribution in [0.4, 0.5) is 5.69 Å². The zero-order valence-corrected chi connectivity index (χ0v) is 14.8. The molecule has 1 saturated heterocycles. The van der Waals surface area contributed by atoms with Crippen molar-refractivity contribution in [2.24, 2.45) is 0 Å². The van der Waals surface area contributed by atoms with Crippen molar-refractivity contribution in [2.45, 2.75) is 19.1 Å². The van der Waals surface area contributed by atoms with Gasteiger partial charge in [0, 0.05) is 31.9 Å². The van der Waals surface area contributed by atoms with Crippen LogP contribution in [0.3, 0.4) is 0 Å². The first-order chi connectivity index (χ1) is 12.7. The molecule has 5 nitrogen and oxygen atoms in total. The summed E-state index contributed by atoms with van der Waals surface area (Å²) in [6.07, 6.45) is 0.0427. The van der Waals surface area contributed by atoms with E-state index in [0.717, 1.165) is 35.5 Å². The average molecular weight is 352 g/mol. The van der Waals surface area contributed by atoms with Gasteiger partial charge in [0.25, 0.3) is 5.91 Å². The number of carbonyl (C=O) groups is 1. The Morgan fingerprint density at radius 1 is 1.00 bits per heavy atom. The Hall–Kier alpha value is -2.37. The number of hydrogen-bond donors (Lipinski definition) is 1. The number of benzene rings is 2. The van der Waals surface area contributed by atoms with Gasteiger partial charge in [-0.15, -0.1) is 0 Å². The van der Waals surface area contributed by atoms with Crippen LogP contribution in [0.1, 0.15) is 34.0 Å². The van der Waals surface area contributed by atoms with E-state index in [-0.39, 0.29) is 5.91 Å². The molecule has 0 aliphatic carbocycles. The second-order valence-corrected chi connectivity index (χ2v) is 6.85. The summed E-state index contributed by atoms with van der Waals surface area (Å²) in [5.74, 6) is 0.0241. The topological polar surface area (TPSA) is 53.0 Å². The Morgan fingerprint density at radius 2 is 1.73 bits per heavy atom. The molecule has 2 aliphatic rings. The third-order valence-corrected chi connectivity index (χ3v) is 5.22. The van der Waals surface area contributed by atoms with Gasteiger partial charge in [0.1, 0.15) is 0 Å². The van der Waals surface area contributed by atoms with E-state index in [4.69, 9.17) is 4.74 Å². The molecule has 2 aliphatic heterocycles. The van der Waals surface area contributed by atoms with Gasteiger partial charge in [-0.3, -0.25) is 4.79 Å². The fourth-order valence-corrected chi connectivity index (χ4v) is 3.80. The number of hydrogen-bond acceptors (Lipinski definition) is 4. The molecule has 4 rings (SSSR count). The maximum atomic E-state index is 13.3. The molecular formula is C21H24N2O3. The number of carbonyl (C=O) groups excluding carboxylic acids is 1. The Labute approximate surface area is 153 Å². The molecule has 1 amide bonds. The highest BCUT2D eigenvalue weighted by atomic mass is 16.5. The van der Waals surface area contributed by atoms with Crippen LogP contribution < -0.4 is 4.90 Å². The minimum Gasteiger partial charge on any atom is -0.388 e. The fourth-order valence-electron chi connectivity index (χ4n) is 3.80. The van der Waals surface area contributed by atoms with Gasteiger partial charge < -0.3 is 19.6 Å². The van der Waals surface area contributed by atoms with Crippen molar-refractivity contribution in [3.8, 4) is 0 Å². The Bertz CT molecular complexity index is 786. The van der Waals surface area contributed by atoms with Crippen molar-refractivity contribution < 1.29 is 14.6 Å². The lowest BCUT2D eigenvalue weighted by Crippen LogP contribution is -2.38. The molecule has 5 heteroatoms. The fraction of sp³-hybridized carbons (Fsp3) is 0.381. The maximum absolute atomic E-state index is 13.3. The van der Waals surface area contributed by atoms with E-state index in [1.165, 1.54) is 0 Å². The molecule has 1 fully saturated rings. The molecule has 1 atom stereocenters. The number of para-hydroxylation sites is 1. The third-order valence-electron chi connectivity index (χ3n) is 5.22. The number of fused-ring (bicyclic) bond motifs is 1. The van der Waals surface area contributed by atoms with Crippen LogP contribution in [0.2, 0.25) is 0 Å². The zero-order valence-electron chi connectivity index (χ0n) is 14.8. The summed E-state index contributed by atoms with van der Waals surface area (Å²) in [4.78, 5) is 17.4. The molecule has 136 valence electrons. The number of rotatable bonds is 2. The summed E-state index contributed by atoms with van der Waals surface area (Å²) in [6, 6.07) is 15.7. The van der Waals surface area contributed by atoms with Gasteiger partial charge in [-0.2, -0.15) is 0 Å². The van der Waals surface area contributed by atoms with Crippen LogP contribution >= 0.6 is 0 Å². The number of aliphatic hydroxyl groups excluding tert-OH is 1. The van der Waals surface area contributed by atoms with Gasteiger partial charge in [-0.05, 0) is 29.7 Å². The Morgan fingerprint density at radius 3 is 2.58 bits per heavy atom. The first kappa shape index (κ1) is 17.1. The predicted molar refractivity (Wildman–Crippen MR) is 100 cm³/mol. The van der Waals surface area contributed by atoms with Gasteiger partial charge in [0.2, 0.25) is 0 Å². The van der Waals surface area contributed by atoms with E-state index in [2.05, 4.69) is 4.90 Å². The van der Waals surface area contributed by atoms with Gasteiger partial charge in [-0.1, -0.05) is 36.4 Å². The first-order valence-corrected chi connectivity index (χ1v) is 9.21. The van der Waals surface area contributed by atoms with Crippen LogP contribution in [-0.4, -0.2) is 48.8 Å². The molecule has 0 aromatic heterocycles.